The third-order valence-corrected chi connectivity index (χ3v) is 7.71. The highest BCUT2D eigenvalue weighted by Crippen LogP contribution is 2.54. The molecule has 2 aliphatic heterocycles. The number of carbonyl (C=O) groups is 1. The van der Waals surface area contributed by atoms with Crippen LogP contribution in [0.3, 0.4) is 0 Å². The summed E-state index contributed by atoms with van der Waals surface area (Å²) >= 11 is 0. The number of aliphatic hydroxyl groups excluding tert-OH is 1. The van der Waals surface area contributed by atoms with E-state index in [1.165, 1.54) is 25.3 Å². The molecule has 2 aromatic rings. The summed E-state index contributed by atoms with van der Waals surface area (Å²) in [6, 6.07) is 8.12. The van der Waals surface area contributed by atoms with Gasteiger partial charge in [0.2, 0.25) is 6.29 Å². The average molecular weight is 539 g/mol. The largest absolute Gasteiger partial charge is 0.465 e. The van der Waals surface area contributed by atoms with Crippen molar-refractivity contribution < 1.29 is 37.7 Å². The standard InChI is InChI=1S/C23H30N3O10P/c1-3-4-13-32-19(29)15(2)25-37(31,35-16-8-6-5-7-9-16)36-20-18(28)23(11-14-33-23)21(34-20)26-12-10-17(27)24-22(26)30/h5-10,12,15,18,20-21,28H,3-4,11,13-14H2,1-2H3,(H,25,31)(H,24,27,30)/t15-,18+,20+,21+,23+,37?/m0/s1. The number of hydrogen-bond donors (Lipinski definition) is 3. The number of H-pyrrole nitrogens is 1. The maximum atomic E-state index is 13.9. The second-order valence-corrected chi connectivity index (χ2v) is 10.4. The number of hydrogen-bond acceptors (Lipinski definition) is 10. The van der Waals surface area contributed by atoms with Crippen LogP contribution in [0.4, 0.5) is 0 Å². The molecule has 0 saturated carbocycles. The van der Waals surface area contributed by atoms with Crippen LogP contribution in [0.25, 0.3) is 0 Å². The monoisotopic (exact) mass is 539 g/mol. The summed E-state index contributed by atoms with van der Waals surface area (Å²) < 4.78 is 42.9. The van der Waals surface area contributed by atoms with Crippen molar-refractivity contribution in [1.82, 2.24) is 14.6 Å². The van der Waals surface area contributed by atoms with Gasteiger partial charge in [0.25, 0.3) is 5.56 Å². The summed E-state index contributed by atoms with van der Waals surface area (Å²) in [5.41, 5.74) is -2.79. The minimum absolute atomic E-state index is 0.167. The van der Waals surface area contributed by atoms with Crippen molar-refractivity contribution in [1.29, 1.82) is 0 Å². The molecule has 0 radical (unpaired) electrons. The topological polar surface area (TPSA) is 167 Å². The first-order valence-electron chi connectivity index (χ1n) is 11.9. The molecule has 4 rings (SSSR count). The number of aromatic nitrogens is 2. The Balaban J connectivity index is 1.58. The van der Waals surface area contributed by atoms with Crippen LogP contribution in [0.2, 0.25) is 0 Å². The molecule has 1 aromatic carbocycles. The number of nitrogens with zero attached hydrogens (tertiary/aromatic N) is 1. The third kappa shape index (κ3) is 5.87. The van der Waals surface area contributed by atoms with Crippen LogP contribution in [0.5, 0.6) is 5.75 Å². The Labute approximate surface area is 212 Å². The van der Waals surface area contributed by atoms with E-state index in [4.69, 9.17) is 23.3 Å². The lowest BCUT2D eigenvalue weighted by Crippen LogP contribution is -2.57. The molecule has 1 unspecified atom stereocenters. The average Bonchev–Trinajstić information content (AvgIpc) is 3.11. The molecule has 14 heteroatoms. The summed E-state index contributed by atoms with van der Waals surface area (Å²) in [6.07, 6.45) is -1.29. The van der Waals surface area contributed by atoms with Gasteiger partial charge in [0.05, 0.1) is 13.2 Å². The highest BCUT2D eigenvalue weighted by Gasteiger charge is 2.64. The number of unbranched alkanes of at least 4 members (excludes halogenated alkanes) is 1. The molecule has 3 N–H and O–H groups in total. The van der Waals surface area contributed by atoms with Gasteiger partial charge >= 0.3 is 19.4 Å². The third-order valence-electron chi connectivity index (χ3n) is 6.07. The van der Waals surface area contributed by atoms with Gasteiger partial charge in [-0.05, 0) is 25.5 Å². The van der Waals surface area contributed by atoms with Crippen LogP contribution in [-0.4, -0.2) is 57.9 Å². The highest BCUT2D eigenvalue weighted by atomic mass is 31.2. The zero-order chi connectivity index (χ0) is 26.6. The predicted octanol–water partition coefficient (Wildman–Crippen LogP) is 1.44. The molecular weight excluding hydrogens is 509 g/mol. The first-order chi connectivity index (χ1) is 17.7. The molecule has 13 nitrogen and oxygen atoms in total. The molecule has 6 atom stereocenters. The number of para-hydroxylation sites is 1. The number of carbonyl (C=O) groups excluding carboxylic acids is 1. The van der Waals surface area contributed by atoms with E-state index in [9.17, 15) is 24.1 Å². The second kappa shape index (κ2) is 11.3. The zero-order valence-corrected chi connectivity index (χ0v) is 21.3. The van der Waals surface area contributed by atoms with Crippen LogP contribution in [-0.2, 0) is 28.1 Å². The lowest BCUT2D eigenvalue weighted by atomic mass is 9.88. The number of ether oxygens (including phenoxy) is 3. The quantitative estimate of drug-likeness (QED) is 0.215. The number of esters is 1. The molecule has 0 bridgehead atoms. The number of aromatic amines is 1. The van der Waals surface area contributed by atoms with Gasteiger partial charge in [-0.2, -0.15) is 5.09 Å². The van der Waals surface area contributed by atoms with E-state index < -0.39 is 55.2 Å². The number of benzene rings is 1. The van der Waals surface area contributed by atoms with Crippen LogP contribution in [0.15, 0.2) is 52.2 Å². The minimum atomic E-state index is -4.39. The van der Waals surface area contributed by atoms with Gasteiger partial charge in [0.1, 0.15) is 23.5 Å². The molecule has 1 spiro atoms. The molecule has 3 heterocycles. The molecule has 37 heavy (non-hydrogen) atoms. The smallest absolute Gasteiger partial charge is 0.461 e. The molecule has 202 valence electrons. The molecule has 0 aliphatic carbocycles. The first-order valence-corrected chi connectivity index (χ1v) is 13.5. The molecule has 2 saturated heterocycles. The van der Waals surface area contributed by atoms with Crippen LogP contribution >= 0.6 is 7.75 Å². The molecule has 2 aliphatic rings. The summed E-state index contributed by atoms with van der Waals surface area (Å²) in [4.78, 5) is 38.5. The van der Waals surface area contributed by atoms with Crippen molar-refractivity contribution in [3.63, 3.8) is 0 Å². The van der Waals surface area contributed by atoms with Crippen LogP contribution in [0, 0.1) is 0 Å². The Morgan fingerprint density at radius 1 is 1.32 bits per heavy atom. The number of aliphatic hydroxyl groups is 1. The normalized spacial score (nSPS) is 27.3. The molecule has 0 amide bonds. The summed E-state index contributed by atoms with van der Waals surface area (Å²) in [7, 11) is -4.39. The van der Waals surface area contributed by atoms with Gasteiger partial charge in [-0.15, -0.1) is 0 Å². The molecular formula is C23H30N3O10P. The van der Waals surface area contributed by atoms with Gasteiger partial charge in [-0.1, -0.05) is 31.5 Å². The SMILES string of the molecule is CCCCOC(=O)[C@H](C)NP(=O)(Oc1ccccc1)O[C@H]1O[C@@H](n2ccc(=O)[nH]c2=O)[C@@]2(CCO2)[C@@H]1O. The first kappa shape index (κ1) is 27.2. The van der Waals surface area contributed by atoms with Crippen molar-refractivity contribution in [3.05, 3.63) is 63.4 Å². The molecule has 1 aromatic heterocycles. The van der Waals surface area contributed by atoms with Gasteiger partial charge in [-0.3, -0.25) is 23.7 Å². The van der Waals surface area contributed by atoms with Crippen molar-refractivity contribution in [2.24, 2.45) is 0 Å². The van der Waals surface area contributed by atoms with Crippen LogP contribution < -0.4 is 20.9 Å². The number of rotatable bonds is 11. The second-order valence-electron chi connectivity index (χ2n) is 8.75. The Hall–Kier alpha value is -2.80. The molecule has 2 fully saturated rings. The summed E-state index contributed by atoms with van der Waals surface area (Å²) in [5.74, 6) is -0.501. The highest BCUT2D eigenvalue weighted by molar-refractivity contribution is 7.52. The van der Waals surface area contributed by atoms with Gasteiger partial charge in [0.15, 0.2) is 6.23 Å². The van der Waals surface area contributed by atoms with E-state index in [1.54, 1.807) is 18.2 Å². The van der Waals surface area contributed by atoms with Crippen molar-refractivity contribution in [2.75, 3.05) is 13.2 Å². The fourth-order valence-electron chi connectivity index (χ4n) is 4.02. The zero-order valence-electron chi connectivity index (χ0n) is 20.4. The Morgan fingerprint density at radius 3 is 2.68 bits per heavy atom. The van der Waals surface area contributed by atoms with E-state index in [0.29, 0.717) is 12.8 Å². The van der Waals surface area contributed by atoms with Gasteiger partial charge < -0.3 is 23.8 Å². The van der Waals surface area contributed by atoms with E-state index in [2.05, 4.69) is 10.1 Å². The fourth-order valence-corrected chi connectivity index (χ4v) is 5.60. The maximum Gasteiger partial charge on any atom is 0.461 e. The summed E-state index contributed by atoms with van der Waals surface area (Å²) in [6.45, 7) is 3.86. The summed E-state index contributed by atoms with van der Waals surface area (Å²) in [5, 5.41) is 13.6. The Kier molecular flexibility index (Phi) is 8.32. The van der Waals surface area contributed by atoms with E-state index in [0.717, 1.165) is 17.1 Å². The van der Waals surface area contributed by atoms with Crippen LogP contribution in [0.1, 0.15) is 39.3 Å². The van der Waals surface area contributed by atoms with E-state index in [1.807, 2.05) is 6.92 Å². The minimum Gasteiger partial charge on any atom is -0.465 e. The maximum absolute atomic E-state index is 13.9. The Bertz CT molecular complexity index is 1250. The van der Waals surface area contributed by atoms with Crippen molar-refractivity contribution in [2.45, 2.75) is 63.4 Å². The van der Waals surface area contributed by atoms with Gasteiger partial charge in [-0.25, -0.2) is 9.36 Å². The van der Waals surface area contributed by atoms with E-state index in [-0.39, 0.29) is 19.0 Å². The number of nitrogens with one attached hydrogen (secondary N) is 2. The van der Waals surface area contributed by atoms with Crippen molar-refractivity contribution in [3.8, 4) is 5.75 Å². The lowest BCUT2D eigenvalue weighted by molar-refractivity contribution is -0.227. The lowest BCUT2D eigenvalue weighted by Gasteiger charge is -2.43. The van der Waals surface area contributed by atoms with E-state index >= 15 is 0 Å². The predicted molar refractivity (Wildman–Crippen MR) is 129 cm³/mol. The Morgan fingerprint density at radius 2 is 2.05 bits per heavy atom. The van der Waals surface area contributed by atoms with Crippen molar-refractivity contribution >= 4 is 13.7 Å². The fraction of sp³-hybridized carbons (Fsp3) is 0.522. The van der Waals surface area contributed by atoms with Gasteiger partial charge in [0, 0.05) is 18.7 Å².